The van der Waals surface area contributed by atoms with E-state index in [2.05, 4.69) is 43.5 Å². The first kappa shape index (κ1) is 13.1. The Bertz CT molecular complexity index is 756. The summed E-state index contributed by atoms with van der Waals surface area (Å²) in [6.45, 7) is 7.52. The van der Waals surface area contributed by atoms with Gasteiger partial charge < -0.3 is 4.57 Å². The van der Waals surface area contributed by atoms with Gasteiger partial charge in [-0.15, -0.1) is 0 Å². The summed E-state index contributed by atoms with van der Waals surface area (Å²) in [4.78, 5) is 9.57. The van der Waals surface area contributed by atoms with Gasteiger partial charge in [-0.2, -0.15) is 0 Å². The van der Waals surface area contributed by atoms with Gasteiger partial charge in [-0.25, -0.2) is 4.98 Å². The van der Waals surface area contributed by atoms with E-state index in [0.29, 0.717) is 0 Å². The third kappa shape index (κ3) is 1.98. The number of benzene rings is 1. The number of hydrogen-bond donors (Lipinski definition) is 0. The minimum atomic E-state index is 1.03. The van der Waals surface area contributed by atoms with E-state index < -0.39 is 0 Å². The largest absolute Gasteiger partial charge is 0.327 e. The Morgan fingerprint density at radius 3 is 2.60 bits per heavy atom. The van der Waals surface area contributed by atoms with Gasteiger partial charge in [-0.05, 0) is 25.8 Å². The first-order valence-corrected chi connectivity index (χ1v) is 7.50. The smallest absolute Gasteiger partial charge is 0.111 e. The van der Waals surface area contributed by atoms with Crippen molar-refractivity contribution in [3.8, 4) is 0 Å². The van der Waals surface area contributed by atoms with Crippen LogP contribution >= 0.6 is 0 Å². The van der Waals surface area contributed by atoms with Gasteiger partial charge in [0.2, 0.25) is 0 Å². The number of hydrogen-bond acceptors (Lipinski definition) is 2. The molecule has 0 radical (unpaired) electrons. The van der Waals surface area contributed by atoms with Crippen LogP contribution in [0.4, 0.5) is 0 Å². The van der Waals surface area contributed by atoms with Gasteiger partial charge in [-0.1, -0.05) is 32.0 Å². The molecule has 3 heteroatoms. The van der Waals surface area contributed by atoms with Crippen molar-refractivity contribution in [2.45, 2.75) is 46.6 Å². The van der Waals surface area contributed by atoms with Crippen LogP contribution in [0.3, 0.4) is 0 Å². The molecule has 0 amide bonds. The molecule has 2 aromatic heterocycles. The molecule has 0 bridgehead atoms. The van der Waals surface area contributed by atoms with Crippen LogP contribution < -0.4 is 0 Å². The predicted octanol–water partition coefficient (Wildman–Crippen LogP) is 4.26. The van der Waals surface area contributed by atoms with Gasteiger partial charge >= 0.3 is 0 Å². The lowest BCUT2D eigenvalue weighted by Crippen LogP contribution is -2.03. The third-order valence-corrected chi connectivity index (χ3v) is 3.76. The second-order valence-electron chi connectivity index (χ2n) is 5.34. The number of imidazole rings is 1. The Morgan fingerprint density at radius 1 is 1.05 bits per heavy atom. The van der Waals surface area contributed by atoms with E-state index in [1.54, 1.807) is 0 Å². The Morgan fingerprint density at radius 2 is 1.85 bits per heavy atom. The molecule has 104 valence electrons. The normalized spacial score (nSPS) is 11.6. The second kappa shape index (κ2) is 5.23. The lowest BCUT2D eigenvalue weighted by atomic mass is 10.1. The molecule has 3 nitrogen and oxygen atoms in total. The van der Waals surface area contributed by atoms with Crippen LogP contribution in [0.15, 0.2) is 24.3 Å². The molecule has 0 unspecified atom stereocenters. The summed E-state index contributed by atoms with van der Waals surface area (Å²) >= 11 is 0. The van der Waals surface area contributed by atoms with E-state index in [1.165, 1.54) is 16.7 Å². The van der Waals surface area contributed by atoms with Crippen molar-refractivity contribution in [3.63, 3.8) is 0 Å². The number of nitrogens with zero attached hydrogens (tertiary/aromatic N) is 3. The van der Waals surface area contributed by atoms with Gasteiger partial charge in [0.15, 0.2) is 0 Å². The van der Waals surface area contributed by atoms with Crippen LogP contribution in [0.2, 0.25) is 0 Å². The topological polar surface area (TPSA) is 30.7 Å². The standard InChI is InChI=1S/C17H21N3/c1-4-8-15-19-16-12(3)18-14-10-7-6-9-13(14)17(16)20(15)11-5-2/h6-7,9-10H,4-5,8,11H2,1-3H3. The summed E-state index contributed by atoms with van der Waals surface area (Å²) in [5.41, 5.74) is 4.43. The van der Waals surface area contributed by atoms with Crippen molar-refractivity contribution in [2.24, 2.45) is 0 Å². The molecule has 0 spiro atoms. The van der Waals surface area contributed by atoms with E-state index in [1.807, 2.05) is 6.07 Å². The molecule has 0 aliphatic carbocycles. The van der Waals surface area contributed by atoms with Crippen LogP contribution in [0.1, 0.15) is 38.2 Å². The Balaban J connectivity index is 2.42. The van der Waals surface area contributed by atoms with Crippen LogP contribution in [-0.4, -0.2) is 14.5 Å². The maximum Gasteiger partial charge on any atom is 0.111 e. The molecule has 3 aromatic rings. The van der Waals surface area contributed by atoms with Gasteiger partial charge in [-0.3, -0.25) is 4.98 Å². The summed E-state index contributed by atoms with van der Waals surface area (Å²) < 4.78 is 2.40. The number of pyridine rings is 1. The second-order valence-corrected chi connectivity index (χ2v) is 5.34. The minimum Gasteiger partial charge on any atom is -0.327 e. The molecular weight excluding hydrogens is 246 g/mol. The maximum absolute atomic E-state index is 4.87. The summed E-state index contributed by atoms with van der Waals surface area (Å²) in [5, 5.41) is 1.22. The molecule has 0 saturated heterocycles. The summed E-state index contributed by atoms with van der Waals surface area (Å²) in [7, 11) is 0. The number of rotatable bonds is 4. The summed E-state index contributed by atoms with van der Waals surface area (Å²) in [5.74, 6) is 1.20. The zero-order chi connectivity index (χ0) is 14.1. The Kier molecular flexibility index (Phi) is 3.43. The number of aryl methyl sites for hydroxylation is 3. The van der Waals surface area contributed by atoms with Crippen LogP contribution in [-0.2, 0) is 13.0 Å². The lowest BCUT2D eigenvalue weighted by molar-refractivity contribution is 0.647. The Labute approximate surface area is 119 Å². The van der Waals surface area contributed by atoms with Crippen molar-refractivity contribution < 1.29 is 0 Å². The van der Waals surface area contributed by atoms with E-state index >= 15 is 0 Å². The molecule has 20 heavy (non-hydrogen) atoms. The quantitative estimate of drug-likeness (QED) is 0.707. The van der Waals surface area contributed by atoms with E-state index in [9.17, 15) is 0 Å². The first-order chi connectivity index (χ1) is 9.76. The van der Waals surface area contributed by atoms with Crippen LogP contribution in [0, 0.1) is 6.92 Å². The average molecular weight is 267 g/mol. The monoisotopic (exact) mass is 267 g/mol. The molecule has 0 saturated carbocycles. The fourth-order valence-corrected chi connectivity index (χ4v) is 2.91. The minimum absolute atomic E-state index is 1.03. The average Bonchev–Trinajstić information content (AvgIpc) is 2.80. The molecule has 0 aliphatic rings. The molecule has 0 N–H and O–H groups in total. The van der Waals surface area contributed by atoms with Crippen molar-refractivity contribution in [1.82, 2.24) is 14.5 Å². The zero-order valence-corrected chi connectivity index (χ0v) is 12.5. The van der Waals surface area contributed by atoms with Gasteiger partial charge in [0.05, 0.1) is 16.7 Å². The predicted molar refractivity (Wildman–Crippen MR) is 84.1 cm³/mol. The van der Waals surface area contributed by atoms with Gasteiger partial charge in [0.25, 0.3) is 0 Å². The molecule has 3 rings (SSSR count). The van der Waals surface area contributed by atoms with E-state index in [-0.39, 0.29) is 0 Å². The number of para-hydroxylation sites is 1. The van der Waals surface area contributed by atoms with Crippen LogP contribution in [0.5, 0.6) is 0 Å². The number of aromatic nitrogens is 3. The van der Waals surface area contributed by atoms with E-state index in [0.717, 1.165) is 42.5 Å². The molecular formula is C17H21N3. The third-order valence-electron chi connectivity index (χ3n) is 3.76. The maximum atomic E-state index is 4.87. The molecule has 0 atom stereocenters. The summed E-state index contributed by atoms with van der Waals surface area (Å²) in [6, 6.07) is 8.38. The molecule has 1 aromatic carbocycles. The fraction of sp³-hybridized carbons (Fsp3) is 0.412. The van der Waals surface area contributed by atoms with Crippen molar-refractivity contribution in [1.29, 1.82) is 0 Å². The highest BCUT2D eigenvalue weighted by Gasteiger charge is 2.15. The lowest BCUT2D eigenvalue weighted by Gasteiger charge is -2.09. The first-order valence-electron chi connectivity index (χ1n) is 7.50. The summed E-state index contributed by atoms with van der Waals surface area (Å²) in [6.07, 6.45) is 3.28. The SMILES string of the molecule is CCCc1nc2c(C)nc3ccccc3c2n1CCC. The molecule has 0 aliphatic heterocycles. The Hall–Kier alpha value is -1.90. The highest BCUT2D eigenvalue weighted by Crippen LogP contribution is 2.27. The highest BCUT2D eigenvalue weighted by atomic mass is 15.1. The van der Waals surface area contributed by atoms with Crippen molar-refractivity contribution in [3.05, 3.63) is 35.8 Å². The molecule has 0 fully saturated rings. The van der Waals surface area contributed by atoms with Crippen molar-refractivity contribution >= 4 is 21.9 Å². The van der Waals surface area contributed by atoms with E-state index in [4.69, 9.17) is 9.97 Å². The highest BCUT2D eigenvalue weighted by molar-refractivity contribution is 6.03. The zero-order valence-electron chi connectivity index (χ0n) is 12.5. The van der Waals surface area contributed by atoms with Crippen LogP contribution in [0.25, 0.3) is 21.9 Å². The van der Waals surface area contributed by atoms with Gasteiger partial charge in [0, 0.05) is 18.4 Å². The molecule has 2 heterocycles. The number of fused-ring (bicyclic) bond motifs is 3. The van der Waals surface area contributed by atoms with Crippen molar-refractivity contribution in [2.75, 3.05) is 0 Å². The van der Waals surface area contributed by atoms with Gasteiger partial charge in [0.1, 0.15) is 11.3 Å². The fourth-order valence-electron chi connectivity index (χ4n) is 2.91.